The Balaban J connectivity index is 1.96. The SMILES string of the molecule is COc1ccc(C(=O)OCC(=O)N[C@@H](C)c2ccc(Cl)cc2Cl)c(OC)c1. The van der Waals surface area contributed by atoms with Gasteiger partial charge in [-0.1, -0.05) is 29.3 Å². The van der Waals surface area contributed by atoms with Crippen molar-refractivity contribution in [2.75, 3.05) is 20.8 Å². The van der Waals surface area contributed by atoms with Crippen LogP contribution >= 0.6 is 23.2 Å². The van der Waals surface area contributed by atoms with Gasteiger partial charge in [-0.25, -0.2) is 4.79 Å². The smallest absolute Gasteiger partial charge is 0.342 e. The van der Waals surface area contributed by atoms with E-state index in [1.165, 1.54) is 20.3 Å². The molecular weight excluding hydrogens is 393 g/mol. The zero-order valence-electron chi connectivity index (χ0n) is 15.0. The first-order chi connectivity index (χ1) is 12.8. The van der Waals surface area contributed by atoms with E-state index in [2.05, 4.69) is 5.32 Å². The number of methoxy groups -OCH3 is 2. The summed E-state index contributed by atoms with van der Waals surface area (Å²) in [6.45, 7) is 1.32. The van der Waals surface area contributed by atoms with Gasteiger partial charge in [0.05, 0.1) is 20.3 Å². The monoisotopic (exact) mass is 411 g/mol. The molecule has 0 aliphatic heterocycles. The first-order valence-corrected chi connectivity index (χ1v) is 8.74. The summed E-state index contributed by atoms with van der Waals surface area (Å²) in [5.41, 5.74) is 0.900. The molecule has 0 radical (unpaired) electrons. The van der Waals surface area contributed by atoms with Crippen LogP contribution in [0.25, 0.3) is 0 Å². The summed E-state index contributed by atoms with van der Waals surface area (Å²) < 4.78 is 15.3. The Morgan fingerprint density at radius 2 is 1.81 bits per heavy atom. The number of benzene rings is 2. The number of ether oxygens (including phenoxy) is 3. The number of nitrogens with one attached hydrogen (secondary N) is 1. The summed E-state index contributed by atoms with van der Waals surface area (Å²) in [5.74, 6) is -0.313. The molecule has 27 heavy (non-hydrogen) atoms. The molecule has 2 aromatic carbocycles. The number of hydrogen-bond donors (Lipinski definition) is 1. The van der Waals surface area contributed by atoms with Crippen molar-refractivity contribution in [3.05, 3.63) is 57.6 Å². The van der Waals surface area contributed by atoms with Crippen molar-refractivity contribution < 1.29 is 23.8 Å². The maximum Gasteiger partial charge on any atom is 0.342 e. The Kier molecular flexibility index (Phi) is 7.33. The van der Waals surface area contributed by atoms with Gasteiger partial charge < -0.3 is 19.5 Å². The first-order valence-electron chi connectivity index (χ1n) is 7.99. The molecule has 0 saturated heterocycles. The van der Waals surface area contributed by atoms with Gasteiger partial charge in [0.15, 0.2) is 6.61 Å². The number of halogens is 2. The van der Waals surface area contributed by atoms with Crippen LogP contribution in [0.5, 0.6) is 11.5 Å². The molecule has 0 aliphatic rings. The third-order valence-electron chi connectivity index (χ3n) is 3.77. The molecule has 144 valence electrons. The fraction of sp³-hybridized carbons (Fsp3) is 0.263. The van der Waals surface area contributed by atoms with Gasteiger partial charge in [-0.3, -0.25) is 4.79 Å². The van der Waals surface area contributed by atoms with Gasteiger partial charge in [-0.15, -0.1) is 0 Å². The number of esters is 1. The lowest BCUT2D eigenvalue weighted by Gasteiger charge is -2.16. The van der Waals surface area contributed by atoms with E-state index in [1.54, 1.807) is 37.3 Å². The Morgan fingerprint density at radius 3 is 2.44 bits per heavy atom. The van der Waals surface area contributed by atoms with Gasteiger partial charge in [-0.05, 0) is 36.8 Å². The molecular formula is C19H19Cl2NO5. The highest BCUT2D eigenvalue weighted by Gasteiger charge is 2.18. The predicted octanol–water partition coefficient (Wildman–Crippen LogP) is 4.04. The zero-order valence-corrected chi connectivity index (χ0v) is 16.6. The van der Waals surface area contributed by atoms with Crippen LogP contribution in [0.2, 0.25) is 10.0 Å². The van der Waals surface area contributed by atoms with Gasteiger partial charge in [0.2, 0.25) is 0 Å². The van der Waals surface area contributed by atoms with Crippen LogP contribution in [0.3, 0.4) is 0 Å². The average molecular weight is 412 g/mol. The molecule has 0 aliphatic carbocycles. The predicted molar refractivity (Wildman–Crippen MR) is 103 cm³/mol. The number of rotatable bonds is 7. The largest absolute Gasteiger partial charge is 0.497 e. The van der Waals surface area contributed by atoms with Crippen LogP contribution in [0.15, 0.2) is 36.4 Å². The van der Waals surface area contributed by atoms with Crippen molar-refractivity contribution in [1.82, 2.24) is 5.32 Å². The van der Waals surface area contributed by atoms with Gasteiger partial charge in [0.25, 0.3) is 5.91 Å². The summed E-state index contributed by atoms with van der Waals surface area (Å²) >= 11 is 12.0. The van der Waals surface area contributed by atoms with Crippen LogP contribution in [-0.4, -0.2) is 32.7 Å². The molecule has 1 atom stereocenters. The lowest BCUT2D eigenvalue weighted by molar-refractivity contribution is -0.124. The Morgan fingerprint density at radius 1 is 1.07 bits per heavy atom. The Labute approximate surface area is 167 Å². The average Bonchev–Trinajstić information content (AvgIpc) is 2.65. The van der Waals surface area contributed by atoms with Gasteiger partial charge in [0, 0.05) is 16.1 Å². The maximum absolute atomic E-state index is 12.2. The second kappa shape index (κ2) is 9.48. The van der Waals surface area contributed by atoms with Crippen LogP contribution in [0.1, 0.15) is 28.9 Å². The van der Waals surface area contributed by atoms with E-state index in [9.17, 15) is 9.59 Å². The van der Waals surface area contributed by atoms with E-state index in [0.717, 1.165) is 0 Å². The molecule has 2 aromatic rings. The minimum atomic E-state index is -0.679. The molecule has 0 fully saturated rings. The highest BCUT2D eigenvalue weighted by molar-refractivity contribution is 6.35. The normalized spacial score (nSPS) is 11.4. The minimum absolute atomic E-state index is 0.194. The summed E-state index contributed by atoms with van der Waals surface area (Å²) in [5, 5.41) is 3.66. The van der Waals surface area contributed by atoms with Crippen molar-refractivity contribution in [2.24, 2.45) is 0 Å². The van der Waals surface area contributed by atoms with E-state index in [4.69, 9.17) is 37.4 Å². The molecule has 2 rings (SSSR count). The second-order valence-electron chi connectivity index (χ2n) is 5.60. The minimum Gasteiger partial charge on any atom is -0.497 e. The molecule has 0 aromatic heterocycles. The second-order valence-corrected chi connectivity index (χ2v) is 6.44. The fourth-order valence-electron chi connectivity index (χ4n) is 2.39. The molecule has 0 bridgehead atoms. The van der Waals surface area contributed by atoms with E-state index < -0.39 is 18.5 Å². The summed E-state index contributed by atoms with van der Waals surface area (Å²) in [7, 11) is 2.93. The maximum atomic E-state index is 12.2. The Hall–Kier alpha value is -2.44. The summed E-state index contributed by atoms with van der Waals surface area (Å²) in [6.07, 6.45) is 0. The van der Waals surface area contributed by atoms with Crippen molar-refractivity contribution in [3.8, 4) is 11.5 Å². The highest BCUT2D eigenvalue weighted by atomic mass is 35.5. The summed E-state index contributed by atoms with van der Waals surface area (Å²) in [4.78, 5) is 24.3. The lowest BCUT2D eigenvalue weighted by atomic mass is 10.1. The molecule has 0 saturated carbocycles. The molecule has 8 heteroatoms. The van der Waals surface area contributed by atoms with Crippen molar-refractivity contribution in [1.29, 1.82) is 0 Å². The molecule has 0 unspecified atom stereocenters. The van der Waals surface area contributed by atoms with E-state index in [0.29, 0.717) is 27.1 Å². The lowest BCUT2D eigenvalue weighted by Crippen LogP contribution is -2.31. The number of carbonyl (C=O) groups excluding carboxylic acids is 2. The van der Waals surface area contributed by atoms with Gasteiger partial charge in [0.1, 0.15) is 17.1 Å². The van der Waals surface area contributed by atoms with Crippen LogP contribution < -0.4 is 14.8 Å². The zero-order chi connectivity index (χ0) is 20.0. The third-order valence-corrected chi connectivity index (χ3v) is 4.33. The molecule has 0 spiro atoms. The molecule has 1 N–H and O–H groups in total. The Bertz CT molecular complexity index is 841. The number of amides is 1. The first kappa shape index (κ1) is 20.9. The summed E-state index contributed by atoms with van der Waals surface area (Å²) in [6, 6.07) is 9.29. The van der Waals surface area contributed by atoms with E-state index >= 15 is 0 Å². The standard InChI is InChI=1S/C19H19Cl2NO5/c1-11(14-6-4-12(20)8-16(14)21)22-18(23)10-27-19(24)15-7-5-13(25-2)9-17(15)26-3/h4-9,11H,10H2,1-3H3,(H,22,23)/t11-/m0/s1. The van der Waals surface area contributed by atoms with Crippen LogP contribution in [-0.2, 0) is 9.53 Å². The number of carbonyl (C=O) groups is 2. The number of hydrogen-bond acceptors (Lipinski definition) is 5. The quantitative estimate of drug-likeness (QED) is 0.695. The molecule has 0 heterocycles. The van der Waals surface area contributed by atoms with E-state index in [1.807, 2.05) is 0 Å². The van der Waals surface area contributed by atoms with Gasteiger partial charge >= 0.3 is 5.97 Å². The topological polar surface area (TPSA) is 73.9 Å². The van der Waals surface area contributed by atoms with Crippen LogP contribution in [0.4, 0.5) is 0 Å². The third kappa shape index (κ3) is 5.52. The van der Waals surface area contributed by atoms with Crippen molar-refractivity contribution in [3.63, 3.8) is 0 Å². The fourth-order valence-corrected chi connectivity index (χ4v) is 2.96. The van der Waals surface area contributed by atoms with E-state index in [-0.39, 0.29) is 11.6 Å². The highest BCUT2D eigenvalue weighted by Crippen LogP contribution is 2.26. The molecule has 1 amide bonds. The molecule has 6 nitrogen and oxygen atoms in total. The van der Waals surface area contributed by atoms with Crippen LogP contribution in [0, 0.1) is 0 Å². The van der Waals surface area contributed by atoms with Crippen molar-refractivity contribution >= 4 is 35.1 Å². The van der Waals surface area contributed by atoms with Crippen molar-refractivity contribution in [2.45, 2.75) is 13.0 Å². The van der Waals surface area contributed by atoms with Gasteiger partial charge in [-0.2, -0.15) is 0 Å².